The number of hydrogen-bond donors (Lipinski definition) is 1. The molecule has 8 heteroatoms. The van der Waals surface area contributed by atoms with Crippen molar-refractivity contribution in [2.24, 2.45) is 0 Å². The summed E-state index contributed by atoms with van der Waals surface area (Å²) >= 11 is 13.4. The predicted molar refractivity (Wildman–Crippen MR) is 133 cm³/mol. The molecule has 0 saturated heterocycles. The largest absolute Gasteiger partial charge is 0.325 e. The molecule has 4 rings (SSSR count). The average molecular weight is 484 g/mol. The number of thioether (sulfide) groups is 1. The number of aryl methyl sites for hydroxylation is 2. The second kappa shape index (κ2) is 9.36. The Balaban J connectivity index is 1.69. The second-order valence-corrected chi connectivity index (χ2v) is 9.06. The number of para-hydroxylation sites is 1. The summed E-state index contributed by atoms with van der Waals surface area (Å²) in [5, 5.41) is 4.52. The number of nitrogens with zero attached hydrogens (tertiary/aromatic N) is 2. The number of nitrogens with one attached hydrogen (secondary N) is 1. The van der Waals surface area contributed by atoms with Crippen LogP contribution < -0.4 is 10.9 Å². The lowest BCUT2D eigenvalue weighted by molar-refractivity contribution is -0.113. The van der Waals surface area contributed by atoms with Gasteiger partial charge in [-0.25, -0.2) is 4.98 Å². The molecular weight excluding hydrogens is 465 g/mol. The molecule has 3 aromatic carbocycles. The summed E-state index contributed by atoms with van der Waals surface area (Å²) in [7, 11) is 0. The number of amides is 1. The fourth-order valence-electron chi connectivity index (χ4n) is 3.25. The Morgan fingerprint density at radius 3 is 2.59 bits per heavy atom. The molecule has 0 spiro atoms. The smallest absolute Gasteiger partial charge is 0.266 e. The van der Waals surface area contributed by atoms with Gasteiger partial charge in [0, 0.05) is 5.69 Å². The lowest BCUT2D eigenvalue weighted by atomic mass is 10.1. The number of rotatable bonds is 5. The van der Waals surface area contributed by atoms with Crippen LogP contribution in [0.3, 0.4) is 0 Å². The first-order chi connectivity index (χ1) is 15.3. The van der Waals surface area contributed by atoms with Gasteiger partial charge >= 0.3 is 0 Å². The molecule has 0 saturated carbocycles. The molecule has 0 radical (unpaired) electrons. The van der Waals surface area contributed by atoms with E-state index < -0.39 is 0 Å². The van der Waals surface area contributed by atoms with Gasteiger partial charge in [-0.1, -0.05) is 59.2 Å². The van der Waals surface area contributed by atoms with Crippen molar-refractivity contribution in [1.82, 2.24) is 9.55 Å². The van der Waals surface area contributed by atoms with E-state index in [1.54, 1.807) is 36.4 Å². The van der Waals surface area contributed by atoms with Gasteiger partial charge in [0.15, 0.2) is 5.16 Å². The summed E-state index contributed by atoms with van der Waals surface area (Å²) < 4.78 is 1.46. The number of fused-ring (bicyclic) bond motifs is 1. The molecule has 0 aliphatic carbocycles. The highest BCUT2D eigenvalue weighted by Crippen LogP contribution is 2.27. The maximum Gasteiger partial charge on any atom is 0.266 e. The van der Waals surface area contributed by atoms with Crippen LogP contribution in [-0.2, 0) is 4.79 Å². The minimum Gasteiger partial charge on any atom is -0.325 e. The zero-order valence-corrected chi connectivity index (χ0v) is 19.7. The van der Waals surface area contributed by atoms with Crippen LogP contribution in [0.4, 0.5) is 5.69 Å². The summed E-state index contributed by atoms with van der Waals surface area (Å²) in [6.45, 7) is 3.91. The van der Waals surface area contributed by atoms with Crippen molar-refractivity contribution in [2.75, 3.05) is 11.1 Å². The van der Waals surface area contributed by atoms with Gasteiger partial charge < -0.3 is 5.32 Å². The highest BCUT2D eigenvalue weighted by molar-refractivity contribution is 7.99. The highest BCUT2D eigenvalue weighted by atomic mass is 35.5. The minimum atomic E-state index is -0.244. The minimum absolute atomic E-state index is 0.0828. The number of halogens is 2. The molecule has 1 aromatic heterocycles. The number of aromatic nitrogens is 2. The van der Waals surface area contributed by atoms with Crippen molar-refractivity contribution in [3.8, 4) is 5.69 Å². The Bertz CT molecular complexity index is 1400. The molecule has 0 aliphatic heterocycles. The number of benzene rings is 3. The van der Waals surface area contributed by atoms with Crippen LogP contribution in [-0.4, -0.2) is 21.2 Å². The van der Waals surface area contributed by atoms with E-state index in [1.807, 2.05) is 38.1 Å². The van der Waals surface area contributed by atoms with Crippen molar-refractivity contribution < 1.29 is 4.79 Å². The molecule has 0 atom stereocenters. The van der Waals surface area contributed by atoms with Gasteiger partial charge in [0.2, 0.25) is 5.91 Å². The Morgan fingerprint density at radius 2 is 1.81 bits per heavy atom. The van der Waals surface area contributed by atoms with Gasteiger partial charge in [-0.15, -0.1) is 0 Å². The van der Waals surface area contributed by atoms with Crippen molar-refractivity contribution in [3.05, 3.63) is 92.2 Å². The van der Waals surface area contributed by atoms with Crippen LogP contribution in [0, 0.1) is 13.8 Å². The Kier molecular flexibility index (Phi) is 6.55. The van der Waals surface area contributed by atoms with Gasteiger partial charge in [0.1, 0.15) is 0 Å². The van der Waals surface area contributed by atoms with E-state index in [-0.39, 0.29) is 17.2 Å². The summed E-state index contributed by atoms with van der Waals surface area (Å²) in [4.78, 5) is 30.6. The maximum absolute atomic E-state index is 13.3. The third kappa shape index (κ3) is 4.67. The first-order valence-electron chi connectivity index (χ1n) is 9.80. The van der Waals surface area contributed by atoms with Crippen LogP contribution >= 0.6 is 35.0 Å². The number of anilines is 1. The van der Waals surface area contributed by atoms with Gasteiger partial charge in [-0.3, -0.25) is 14.2 Å². The zero-order chi connectivity index (χ0) is 22.8. The first kappa shape index (κ1) is 22.4. The molecule has 0 fully saturated rings. The monoisotopic (exact) mass is 483 g/mol. The quantitative estimate of drug-likeness (QED) is 0.277. The number of carbonyl (C=O) groups excluding carboxylic acids is 1. The Morgan fingerprint density at radius 1 is 1.03 bits per heavy atom. The number of hydrogen-bond acceptors (Lipinski definition) is 4. The van der Waals surface area contributed by atoms with Crippen LogP contribution in [0.25, 0.3) is 16.6 Å². The lowest BCUT2D eigenvalue weighted by Crippen LogP contribution is -2.23. The second-order valence-electron chi connectivity index (χ2n) is 7.31. The fraction of sp³-hybridized carbons (Fsp3) is 0.125. The van der Waals surface area contributed by atoms with E-state index in [0.717, 1.165) is 16.8 Å². The van der Waals surface area contributed by atoms with Gasteiger partial charge in [-0.2, -0.15) is 0 Å². The average Bonchev–Trinajstić information content (AvgIpc) is 2.77. The lowest BCUT2D eigenvalue weighted by Gasteiger charge is -2.14. The van der Waals surface area contributed by atoms with Crippen molar-refractivity contribution in [2.45, 2.75) is 19.0 Å². The van der Waals surface area contributed by atoms with E-state index in [0.29, 0.717) is 31.8 Å². The van der Waals surface area contributed by atoms with Crippen molar-refractivity contribution >= 4 is 57.5 Å². The van der Waals surface area contributed by atoms with Crippen molar-refractivity contribution in [1.29, 1.82) is 0 Å². The van der Waals surface area contributed by atoms with E-state index in [4.69, 9.17) is 23.2 Å². The SMILES string of the molecule is Cc1ccc(C)c(NC(=O)CSc2nc3ccccc3c(=O)n2-c2ccc(Cl)c(Cl)c2)c1. The number of carbonyl (C=O) groups is 1. The summed E-state index contributed by atoms with van der Waals surface area (Å²) in [5.74, 6) is -0.105. The molecule has 0 bridgehead atoms. The molecule has 4 aromatic rings. The topological polar surface area (TPSA) is 64.0 Å². The molecule has 1 amide bonds. The fourth-order valence-corrected chi connectivity index (χ4v) is 4.35. The molecule has 162 valence electrons. The van der Waals surface area contributed by atoms with Crippen molar-refractivity contribution in [3.63, 3.8) is 0 Å². The maximum atomic E-state index is 13.3. The third-order valence-corrected chi connectivity index (χ3v) is 6.58. The summed E-state index contributed by atoms with van der Waals surface area (Å²) in [5.41, 5.74) is 3.65. The summed E-state index contributed by atoms with van der Waals surface area (Å²) in [6.07, 6.45) is 0. The Hall–Kier alpha value is -2.80. The van der Waals surface area contributed by atoms with Crippen LogP contribution in [0.2, 0.25) is 10.0 Å². The van der Waals surface area contributed by atoms with Crippen LogP contribution in [0.1, 0.15) is 11.1 Å². The molecule has 1 N–H and O–H groups in total. The molecule has 32 heavy (non-hydrogen) atoms. The predicted octanol–water partition coefficient (Wildman–Crippen LogP) is 6.04. The van der Waals surface area contributed by atoms with Gasteiger partial charge in [0.05, 0.1) is 32.4 Å². The molecular formula is C24H19Cl2N3O2S. The Labute approximate surface area is 199 Å². The first-order valence-corrected chi connectivity index (χ1v) is 11.5. The van der Waals surface area contributed by atoms with Gasteiger partial charge in [-0.05, 0) is 61.4 Å². The zero-order valence-electron chi connectivity index (χ0n) is 17.4. The molecule has 0 aliphatic rings. The standard InChI is InChI=1S/C24H19Cl2N3O2S/c1-14-7-8-15(2)21(11-14)27-22(30)13-32-24-28-20-6-4-3-5-17(20)23(31)29(24)16-9-10-18(25)19(26)12-16/h3-12H,13H2,1-2H3,(H,27,30). The van der Waals surface area contributed by atoms with E-state index in [9.17, 15) is 9.59 Å². The molecule has 5 nitrogen and oxygen atoms in total. The van der Waals surface area contributed by atoms with E-state index >= 15 is 0 Å². The molecule has 1 heterocycles. The highest BCUT2D eigenvalue weighted by Gasteiger charge is 2.16. The third-order valence-electron chi connectivity index (χ3n) is 4.91. The van der Waals surface area contributed by atoms with Crippen LogP contribution in [0.15, 0.2) is 70.6 Å². The molecule has 0 unspecified atom stereocenters. The van der Waals surface area contributed by atoms with E-state index in [2.05, 4.69) is 10.3 Å². The van der Waals surface area contributed by atoms with E-state index in [1.165, 1.54) is 16.3 Å². The normalized spacial score (nSPS) is 11.0. The van der Waals surface area contributed by atoms with Gasteiger partial charge in [0.25, 0.3) is 5.56 Å². The summed E-state index contributed by atoms with van der Waals surface area (Å²) in [6, 6.07) is 17.9. The van der Waals surface area contributed by atoms with Crippen LogP contribution in [0.5, 0.6) is 0 Å².